The first-order valence-electron chi connectivity index (χ1n) is 6.29. The summed E-state index contributed by atoms with van der Waals surface area (Å²) in [6, 6.07) is 5.97. The van der Waals surface area contributed by atoms with Gasteiger partial charge in [0.2, 0.25) is 10.0 Å². The number of ether oxygens (including phenoxy) is 1. The van der Waals surface area contributed by atoms with Gasteiger partial charge >= 0.3 is 0 Å². The molecule has 1 aromatic rings. The fourth-order valence-electron chi connectivity index (χ4n) is 2.05. The molecule has 2 rings (SSSR count). The lowest BCUT2D eigenvalue weighted by atomic mass is 10.2. The van der Waals surface area contributed by atoms with Crippen molar-refractivity contribution in [2.75, 3.05) is 26.3 Å². The Labute approximate surface area is 118 Å². The molecule has 1 N–H and O–H groups in total. The van der Waals surface area contributed by atoms with Crippen molar-refractivity contribution in [3.05, 3.63) is 29.8 Å². The summed E-state index contributed by atoms with van der Waals surface area (Å²) in [5.74, 6) is -0.183. The first kappa shape index (κ1) is 15.1. The molecule has 0 aliphatic carbocycles. The Hall–Kier alpha value is -1.28. The summed E-state index contributed by atoms with van der Waals surface area (Å²) in [4.78, 5) is 11.4. The number of carbonyl (C=O) groups excluding carboxylic acids is 1. The molecule has 0 spiro atoms. The Bertz CT molecular complexity index is 599. The number of carbonyl (C=O) groups is 1. The van der Waals surface area contributed by atoms with Crippen molar-refractivity contribution in [2.45, 2.75) is 17.9 Å². The Morgan fingerprint density at radius 2 is 2.25 bits per heavy atom. The molecule has 110 valence electrons. The van der Waals surface area contributed by atoms with Gasteiger partial charge in [-0.1, -0.05) is 12.1 Å². The molecule has 1 atom stereocenters. The number of hydrogen-bond acceptors (Lipinski definition) is 5. The van der Waals surface area contributed by atoms with Gasteiger partial charge in [0.05, 0.1) is 24.2 Å². The van der Waals surface area contributed by atoms with Crippen LogP contribution in [0.3, 0.4) is 0 Å². The van der Waals surface area contributed by atoms with Gasteiger partial charge in [0.15, 0.2) is 5.78 Å². The summed E-state index contributed by atoms with van der Waals surface area (Å²) in [6.45, 7) is 1.77. The lowest BCUT2D eigenvalue weighted by Crippen LogP contribution is -2.46. The van der Waals surface area contributed by atoms with Gasteiger partial charge in [0.1, 0.15) is 0 Å². The highest BCUT2D eigenvalue weighted by Gasteiger charge is 2.30. The molecule has 0 aromatic heterocycles. The lowest BCUT2D eigenvalue weighted by Gasteiger charge is -2.31. The summed E-state index contributed by atoms with van der Waals surface area (Å²) in [5, 5.41) is 9.07. The standard InChI is InChI=1S/C13H17NO5S/c1-10(16)11-3-2-4-13(7-11)20(17,18)14-5-6-19-12(8-14)9-15/h2-4,7,12,15H,5-6,8-9H2,1H3. The number of Topliss-reactive ketones (excluding diaryl/α,β-unsaturated/α-hetero) is 1. The van der Waals surface area contributed by atoms with Crippen molar-refractivity contribution in [1.82, 2.24) is 4.31 Å². The molecule has 0 radical (unpaired) electrons. The Balaban J connectivity index is 2.30. The number of hydrogen-bond donors (Lipinski definition) is 1. The monoisotopic (exact) mass is 299 g/mol. The number of benzene rings is 1. The van der Waals surface area contributed by atoms with Gasteiger partial charge in [-0.05, 0) is 19.1 Å². The van der Waals surface area contributed by atoms with Crippen molar-refractivity contribution in [3.8, 4) is 0 Å². The zero-order valence-electron chi connectivity index (χ0n) is 11.2. The highest BCUT2D eigenvalue weighted by Crippen LogP contribution is 2.20. The minimum absolute atomic E-state index is 0.0868. The largest absolute Gasteiger partial charge is 0.394 e. The van der Waals surface area contributed by atoms with Crippen LogP contribution in [-0.4, -0.2) is 56.0 Å². The van der Waals surface area contributed by atoms with Gasteiger partial charge in [-0.15, -0.1) is 0 Å². The molecule has 1 unspecified atom stereocenters. The third-order valence-electron chi connectivity index (χ3n) is 3.18. The van der Waals surface area contributed by atoms with E-state index >= 15 is 0 Å². The fraction of sp³-hybridized carbons (Fsp3) is 0.462. The number of rotatable bonds is 4. The zero-order valence-corrected chi connectivity index (χ0v) is 12.0. The molecule has 7 heteroatoms. The molecular formula is C13H17NO5S. The molecule has 1 heterocycles. The van der Waals surface area contributed by atoms with Crippen LogP contribution < -0.4 is 0 Å². The summed E-state index contributed by atoms with van der Waals surface area (Å²) in [5.41, 5.74) is 0.359. The van der Waals surface area contributed by atoms with Crippen molar-refractivity contribution in [3.63, 3.8) is 0 Å². The summed E-state index contributed by atoms with van der Waals surface area (Å²) >= 11 is 0. The Morgan fingerprint density at radius 3 is 2.90 bits per heavy atom. The Morgan fingerprint density at radius 1 is 1.50 bits per heavy atom. The molecule has 6 nitrogen and oxygen atoms in total. The van der Waals surface area contributed by atoms with Crippen LogP contribution in [0.25, 0.3) is 0 Å². The minimum atomic E-state index is -3.67. The average Bonchev–Trinajstić information content (AvgIpc) is 2.47. The van der Waals surface area contributed by atoms with E-state index in [-0.39, 0.29) is 37.0 Å². The molecule has 0 saturated carbocycles. The highest BCUT2D eigenvalue weighted by atomic mass is 32.2. The fourth-order valence-corrected chi connectivity index (χ4v) is 3.55. The first-order valence-corrected chi connectivity index (χ1v) is 7.73. The van der Waals surface area contributed by atoms with Gasteiger partial charge in [-0.3, -0.25) is 4.79 Å². The molecule has 20 heavy (non-hydrogen) atoms. The van der Waals surface area contributed by atoms with Crippen LogP contribution in [0.5, 0.6) is 0 Å². The van der Waals surface area contributed by atoms with Gasteiger partial charge in [0, 0.05) is 18.7 Å². The third kappa shape index (κ3) is 3.06. The van der Waals surface area contributed by atoms with Gasteiger partial charge in [-0.25, -0.2) is 8.42 Å². The lowest BCUT2D eigenvalue weighted by molar-refractivity contribution is -0.0304. The highest BCUT2D eigenvalue weighted by molar-refractivity contribution is 7.89. The van der Waals surface area contributed by atoms with E-state index in [1.807, 2.05) is 0 Å². The molecular weight excluding hydrogens is 282 g/mol. The smallest absolute Gasteiger partial charge is 0.243 e. The van der Waals surface area contributed by atoms with Crippen LogP contribution in [0.4, 0.5) is 0 Å². The van der Waals surface area contributed by atoms with E-state index in [0.717, 1.165) is 0 Å². The summed E-state index contributed by atoms with van der Waals surface area (Å²) < 4.78 is 31.5. The van der Waals surface area contributed by atoms with E-state index in [4.69, 9.17) is 9.84 Å². The van der Waals surface area contributed by atoms with Crippen LogP contribution in [0.1, 0.15) is 17.3 Å². The number of aliphatic hydroxyl groups is 1. The molecule has 1 aromatic carbocycles. The second-order valence-electron chi connectivity index (χ2n) is 4.62. The normalized spacial score (nSPS) is 20.8. The Kier molecular flexibility index (Phi) is 4.54. The average molecular weight is 299 g/mol. The summed E-state index contributed by atoms with van der Waals surface area (Å²) in [6.07, 6.45) is -0.505. The second-order valence-corrected chi connectivity index (χ2v) is 6.56. The molecule has 1 saturated heterocycles. The topological polar surface area (TPSA) is 83.9 Å². The maximum absolute atomic E-state index is 12.5. The van der Waals surface area contributed by atoms with Gasteiger partial charge in [-0.2, -0.15) is 4.31 Å². The number of ketones is 1. The van der Waals surface area contributed by atoms with E-state index in [9.17, 15) is 13.2 Å². The van der Waals surface area contributed by atoms with Crippen LogP contribution in [0, 0.1) is 0 Å². The minimum Gasteiger partial charge on any atom is -0.394 e. The first-order chi connectivity index (χ1) is 9.45. The van der Waals surface area contributed by atoms with Crippen LogP contribution in [0.15, 0.2) is 29.2 Å². The van der Waals surface area contributed by atoms with Crippen LogP contribution in [0.2, 0.25) is 0 Å². The quantitative estimate of drug-likeness (QED) is 0.807. The zero-order chi connectivity index (χ0) is 14.8. The molecule has 0 bridgehead atoms. The number of nitrogens with zero attached hydrogens (tertiary/aromatic N) is 1. The van der Waals surface area contributed by atoms with E-state index in [2.05, 4.69) is 0 Å². The van der Waals surface area contributed by atoms with Crippen LogP contribution in [-0.2, 0) is 14.8 Å². The van der Waals surface area contributed by atoms with Crippen LogP contribution >= 0.6 is 0 Å². The van der Waals surface area contributed by atoms with E-state index in [1.54, 1.807) is 12.1 Å². The van der Waals surface area contributed by atoms with Crippen molar-refractivity contribution in [2.24, 2.45) is 0 Å². The van der Waals surface area contributed by atoms with Gasteiger partial charge < -0.3 is 9.84 Å². The van der Waals surface area contributed by atoms with Crippen molar-refractivity contribution >= 4 is 15.8 Å². The number of sulfonamides is 1. The number of morpholine rings is 1. The van der Waals surface area contributed by atoms with E-state index in [1.165, 1.54) is 23.4 Å². The number of aliphatic hydroxyl groups excluding tert-OH is 1. The maximum atomic E-state index is 12.5. The third-order valence-corrected chi connectivity index (χ3v) is 5.04. The van der Waals surface area contributed by atoms with Crippen molar-refractivity contribution in [1.29, 1.82) is 0 Å². The van der Waals surface area contributed by atoms with E-state index in [0.29, 0.717) is 5.56 Å². The molecule has 1 aliphatic rings. The molecule has 1 fully saturated rings. The molecule has 1 aliphatic heterocycles. The van der Waals surface area contributed by atoms with Crippen molar-refractivity contribution < 1.29 is 23.1 Å². The predicted octanol–water partition coefficient (Wildman–Crippen LogP) is 0.271. The van der Waals surface area contributed by atoms with Gasteiger partial charge in [0.25, 0.3) is 0 Å². The van der Waals surface area contributed by atoms with E-state index < -0.39 is 16.1 Å². The summed E-state index contributed by atoms with van der Waals surface area (Å²) in [7, 11) is -3.67. The maximum Gasteiger partial charge on any atom is 0.243 e. The second kappa shape index (κ2) is 6.01. The molecule has 0 amide bonds. The SMILES string of the molecule is CC(=O)c1cccc(S(=O)(=O)N2CCOC(CO)C2)c1. The predicted molar refractivity (Wildman–Crippen MR) is 72.0 cm³/mol.